The minimum absolute atomic E-state index is 0.100. The van der Waals surface area contributed by atoms with Crippen LogP contribution in [0.5, 0.6) is 0 Å². The molecule has 0 aromatic heterocycles. The Bertz CT molecular complexity index is 1660. The highest BCUT2D eigenvalue weighted by atomic mass is 35.5. The minimum atomic E-state index is -1.49. The molecule has 2 aromatic carbocycles. The Balaban J connectivity index is 1.51. The molecule has 4 aliphatic rings. The van der Waals surface area contributed by atoms with Crippen LogP contribution in [0.15, 0.2) is 72.8 Å². The average molecular weight is 690 g/mol. The van der Waals surface area contributed by atoms with Crippen molar-refractivity contribution in [3.63, 3.8) is 0 Å². The van der Waals surface area contributed by atoms with Crippen molar-refractivity contribution in [1.29, 1.82) is 0 Å². The lowest BCUT2D eigenvalue weighted by atomic mass is 9.74. The lowest BCUT2D eigenvalue weighted by Crippen LogP contribution is -2.59. The van der Waals surface area contributed by atoms with Crippen LogP contribution in [-0.2, 0) is 28.7 Å². The molecule has 49 heavy (non-hydrogen) atoms. The molecule has 0 saturated carbocycles. The number of halogens is 1. The second-order valence-corrected chi connectivity index (χ2v) is 14.2. The number of amides is 3. The van der Waals surface area contributed by atoms with E-state index in [0.29, 0.717) is 22.7 Å². The van der Waals surface area contributed by atoms with Gasteiger partial charge in [0.15, 0.2) is 0 Å². The van der Waals surface area contributed by atoms with Gasteiger partial charge in [-0.2, -0.15) is 0 Å². The first-order valence-electron chi connectivity index (χ1n) is 17.0. The van der Waals surface area contributed by atoms with Crippen LogP contribution in [0.2, 0.25) is 5.02 Å². The molecular formula is C38H44ClN3O7. The predicted molar refractivity (Wildman–Crippen MR) is 184 cm³/mol. The van der Waals surface area contributed by atoms with Gasteiger partial charge in [-0.05, 0) is 43.4 Å². The summed E-state index contributed by atoms with van der Waals surface area (Å²) in [4.78, 5) is 62.3. The van der Waals surface area contributed by atoms with Crippen molar-refractivity contribution in [1.82, 2.24) is 9.80 Å². The number of esters is 1. The SMILES string of the molecule is Cc1cccc(Cl)c1N1C/C=C\CCC(=O)N(C)[C@H](C)[C@@H](c2ccccc2)OC(=O)[C@@H]2[C@@H]3C=C[C@]4(O3)[C@H](C1=O)N([C@@H](CO)C(C)C)C(=O)[C@@H]24. The number of aliphatic hydroxyl groups is 1. The summed E-state index contributed by atoms with van der Waals surface area (Å²) in [7, 11) is 1.69. The normalized spacial score (nSPS) is 31.8. The van der Waals surface area contributed by atoms with Gasteiger partial charge in [-0.25, -0.2) is 0 Å². The van der Waals surface area contributed by atoms with Crippen LogP contribution in [0, 0.1) is 24.7 Å². The van der Waals surface area contributed by atoms with E-state index in [2.05, 4.69) is 0 Å². The summed E-state index contributed by atoms with van der Waals surface area (Å²) in [6.07, 6.45) is 6.12. The Morgan fingerprint density at radius 2 is 1.76 bits per heavy atom. The molecule has 0 unspecified atom stereocenters. The van der Waals surface area contributed by atoms with Gasteiger partial charge in [-0.3, -0.25) is 19.2 Å². The second kappa shape index (κ2) is 13.7. The number of aryl methyl sites for hydroxylation is 1. The van der Waals surface area contributed by atoms with Crippen molar-refractivity contribution in [2.75, 3.05) is 25.1 Å². The standard InChI is InChI=1S/C38H44ClN3O7/c1-22(2)27(21-43)42-34-36(46)41(32-23(3)13-12-16-26(32)39)20-11-7-10-17-29(44)40(5)24(4)33(25-14-8-6-9-15-25)48-37(47)30-28-18-19-38(34,49-28)31(30)35(42)45/h6-9,11-16,18-19,22,24,27-28,30-31,33-34,43H,10,17,20-21H2,1-5H3/b11-7-/t24-,27+,28+,30-,31-,33+,34+,38-/m1/s1. The molecule has 0 aliphatic carbocycles. The molecule has 4 heterocycles. The molecule has 11 heteroatoms. The molecule has 4 aliphatic heterocycles. The number of ether oxygens (including phenoxy) is 2. The summed E-state index contributed by atoms with van der Waals surface area (Å²) in [6, 6.07) is 12.1. The first-order valence-corrected chi connectivity index (χ1v) is 17.3. The summed E-state index contributed by atoms with van der Waals surface area (Å²) in [6.45, 7) is 7.15. The monoisotopic (exact) mass is 689 g/mol. The summed E-state index contributed by atoms with van der Waals surface area (Å²) >= 11 is 6.76. The lowest BCUT2D eigenvalue weighted by molar-refractivity contribution is -0.164. The molecule has 10 nitrogen and oxygen atoms in total. The molecule has 3 amide bonds. The third kappa shape index (κ3) is 5.87. The van der Waals surface area contributed by atoms with E-state index in [1.807, 2.05) is 76.2 Å². The molecule has 5 bridgehead atoms. The largest absolute Gasteiger partial charge is 0.455 e. The fourth-order valence-electron chi connectivity index (χ4n) is 7.94. The number of anilines is 1. The first kappa shape index (κ1) is 34.9. The second-order valence-electron chi connectivity index (χ2n) is 13.8. The van der Waals surface area contributed by atoms with Crippen molar-refractivity contribution in [3.8, 4) is 0 Å². The van der Waals surface area contributed by atoms with E-state index >= 15 is 4.79 Å². The number of hydrogen-bond donors (Lipinski definition) is 1. The Morgan fingerprint density at radius 3 is 2.43 bits per heavy atom. The molecule has 1 spiro atoms. The Kier molecular flexibility index (Phi) is 9.77. The van der Waals surface area contributed by atoms with Gasteiger partial charge in [0.25, 0.3) is 5.91 Å². The van der Waals surface area contributed by atoms with Crippen molar-refractivity contribution in [2.24, 2.45) is 17.8 Å². The molecule has 260 valence electrons. The molecule has 8 atom stereocenters. The van der Waals surface area contributed by atoms with Crippen LogP contribution in [0.3, 0.4) is 0 Å². The van der Waals surface area contributed by atoms with E-state index < -0.39 is 72.2 Å². The predicted octanol–water partition coefficient (Wildman–Crippen LogP) is 4.63. The number of allylic oxidation sites excluding steroid dienone is 1. The van der Waals surface area contributed by atoms with Crippen molar-refractivity contribution < 1.29 is 33.8 Å². The van der Waals surface area contributed by atoms with Crippen LogP contribution >= 0.6 is 11.6 Å². The maximum absolute atomic E-state index is 15.1. The lowest BCUT2D eigenvalue weighted by Gasteiger charge is -2.40. The fourth-order valence-corrected chi connectivity index (χ4v) is 8.26. The van der Waals surface area contributed by atoms with E-state index in [1.165, 1.54) is 4.90 Å². The maximum Gasteiger partial charge on any atom is 0.313 e. The quantitative estimate of drug-likeness (QED) is 0.360. The number of carbonyl (C=O) groups is 4. The van der Waals surface area contributed by atoms with Gasteiger partial charge in [0.05, 0.1) is 41.4 Å². The van der Waals surface area contributed by atoms with Gasteiger partial charge >= 0.3 is 5.97 Å². The van der Waals surface area contributed by atoms with Crippen molar-refractivity contribution in [2.45, 2.75) is 76.5 Å². The summed E-state index contributed by atoms with van der Waals surface area (Å²) in [5.41, 5.74) is 0.445. The van der Waals surface area contributed by atoms with Gasteiger partial charge in [0, 0.05) is 20.0 Å². The molecule has 6 rings (SSSR count). The van der Waals surface area contributed by atoms with E-state index in [0.717, 1.165) is 5.56 Å². The third-order valence-corrected chi connectivity index (χ3v) is 11.0. The number of likely N-dealkylation sites (tertiary alicyclic amines) is 1. The van der Waals surface area contributed by atoms with Crippen molar-refractivity contribution in [3.05, 3.63) is 89.0 Å². The summed E-state index contributed by atoms with van der Waals surface area (Å²) < 4.78 is 12.9. The number of para-hydroxylation sites is 1. The van der Waals surface area contributed by atoms with E-state index in [9.17, 15) is 19.5 Å². The Morgan fingerprint density at radius 1 is 1.02 bits per heavy atom. The molecular weight excluding hydrogens is 646 g/mol. The van der Waals surface area contributed by atoms with Crippen LogP contribution < -0.4 is 4.90 Å². The van der Waals surface area contributed by atoms with Crippen LogP contribution in [0.4, 0.5) is 5.69 Å². The highest BCUT2D eigenvalue weighted by Crippen LogP contribution is 2.57. The van der Waals surface area contributed by atoms with Crippen LogP contribution in [0.1, 0.15) is 50.8 Å². The number of fused-ring (bicyclic) bond motifs is 2. The number of cyclic esters (lactones) is 1. The zero-order chi connectivity index (χ0) is 35.2. The van der Waals surface area contributed by atoms with E-state index in [1.54, 1.807) is 41.1 Å². The Hall–Kier alpha value is -3.99. The number of likely N-dealkylation sites (N-methyl/N-ethyl adjacent to an activating group) is 1. The number of rotatable bonds is 5. The summed E-state index contributed by atoms with van der Waals surface area (Å²) in [5.74, 6) is -4.06. The third-order valence-electron chi connectivity index (χ3n) is 10.6. The molecule has 2 fully saturated rings. The van der Waals surface area contributed by atoms with Gasteiger partial charge in [-0.1, -0.05) is 92.2 Å². The number of carbonyl (C=O) groups excluding carboxylic acids is 4. The molecule has 1 N–H and O–H groups in total. The molecule has 2 aromatic rings. The number of nitrogens with zero attached hydrogens (tertiary/aromatic N) is 3. The molecule has 0 radical (unpaired) electrons. The number of aliphatic hydroxyl groups excluding tert-OH is 1. The topological polar surface area (TPSA) is 117 Å². The smallest absolute Gasteiger partial charge is 0.313 e. The van der Waals surface area contributed by atoms with Gasteiger partial charge in [0.2, 0.25) is 11.8 Å². The minimum Gasteiger partial charge on any atom is -0.455 e. The number of hydrogen-bond acceptors (Lipinski definition) is 7. The van der Waals surface area contributed by atoms with E-state index in [-0.39, 0.29) is 24.8 Å². The fraction of sp³-hybridized carbons (Fsp3) is 0.474. The van der Waals surface area contributed by atoms with E-state index in [4.69, 9.17) is 21.1 Å². The van der Waals surface area contributed by atoms with Crippen LogP contribution in [0.25, 0.3) is 0 Å². The highest BCUT2D eigenvalue weighted by Gasteiger charge is 2.74. The average Bonchev–Trinajstić information content (AvgIpc) is 3.72. The van der Waals surface area contributed by atoms with Gasteiger partial charge < -0.3 is 29.3 Å². The highest BCUT2D eigenvalue weighted by molar-refractivity contribution is 6.34. The Labute approximate surface area is 292 Å². The van der Waals surface area contributed by atoms with Crippen LogP contribution in [-0.4, -0.2) is 88.6 Å². The zero-order valence-electron chi connectivity index (χ0n) is 28.5. The number of benzene rings is 2. The van der Waals surface area contributed by atoms with Crippen molar-refractivity contribution >= 4 is 41.0 Å². The summed E-state index contributed by atoms with van der Waals surface area (Å²) in [5, 5.41) is 11.0. The maximum atomic E-state index is 15.1. The molecule has 2 saturated heterocycles. The van der Waals surface area contributed by atoms with Gasteiger partial charge in [-0.15, -0.1) is 0 Å². The zero-order valence-corrected chi connectivity index (χ0v) is 29.2. The first-order chi connectivity index (χ1) is 23.4. The van der Waals surface area contributed by atoms with Gasteiger partial charge in [0.1, 0.15) is 23.7 Å².